The highest BCUT2D eigenvalue weighted by Gasteiger charge is 2.19. The third-order valence-electron chi connectivity index (χ3n) is 14.2. The van der Waals surface area contributed by atoms with E-state index in [-0.39, 0.29) is 31.1 Å². The number of unbranched alkanes of at least 4 members (excludes halogenated alkanes) is 38. The summed E-state index contributed by atoms with van der Waals surface area (Å²) in [5.41, 5.74) is 0. The van der Waals surface area contributed by atoms with Crippen LogP contribution in [0.4, 0.5) is 0 Å². The maximum absolute atomic E-state index is 12.9. The van der Waals surface area contributed by atoms with Gasteiger partial charge in [0.05, 0.1) is 0 Å². The minimum absolute atomic E-state index is 0.0770. The molecule has 0 bridgehead atoms. The second-order valence-corrected chi connectivity index (χ2v) is 21.7. The minimum atomic E-state index is -0.782. The van der Waals surface area contributed by atoms with Gasteiger partial charge in [0.15, 0.2) is 6.10 Å². The average Bonchev–Trinajstić information content (AvgIpc) is 3.40. The van der Waals surface area contributed by atoms with E-state index in [9.17, 15) is 14.4 Å². The van der Waals surface area contributed by atoms with E-state index >= 15 is 0 Å². The van der Waals surface area contributed by atoms with Crippen molar-refractivity contribution in [3.8, 4) is 0 Å². The number of rotatable bonds is 59. The van der Waals surface area contributed by atoms with Crippen LogP contribution in [-0.4, -0.2) is 37.2 Å². The van der Waals surface area contributed by atoms with Crippen LogP contribution in [0.1, 0.15) is 335 Å². The van der Waals surface area contributed by atoms with Crippen LogP contribution in [-0.2, 0) is 28.6 Å². The Morgan fingerprint density at radius 3 is 0.784 bits per heavy atom. The quantitative estimate of drug-likeness (QED) is 0.0261. The van der Waals surface area contributed by atoms with E-state index in [2.05, 4.69) is 81.5 Å². The molecule has 6 nitrogen and oxygen atoms in total. The van der Waals surface area contributed by atoms with Crippen LogP contribution in [0.5, 0.6) is 0 Å². The molecule has 0 aliphatic carbocycles. The molecule has 0 aliphatic heterocycles. The molecular formula is C68H122O6. The number of hydrogen-bond acceptors (Lipinski definition) is 6. The Kier molecular flexibility index (Phi) is 60.2. The average molecular weight is 1040 g/mol. The van der Waals surface area contributed by atoms with E-state index in [4.69, 9.17) is 14.2 Å². The normalized spacial score (nSPS) is 12.4. The summed E-state index contributed by atoms with van der Waals surface area (Å²) in [5.74, 6) is -0.875. The molecule has 6 heteroatoms. The number of carbonyl (C=O) groups is 3. The van der Waals surface area contributed by atoms with Crippen LogP contribution in [0.15, 0.2) is 60.8 Å². The summed E-state index contributed by atoms with van der Waals surface area (Å²) in [7, 11) is 0. The van der Waals surface area contributed by atoms with Crippen LogP contribution < -0.4 is 0 Å². The summed E-state index contributed by atoms with van der Waals surface area (Å²) in [4.78, 5) is 38.3. The fourth-order valence-corrected chi connectivity index (χ4v) is 9.36. The first-order chi connectivity index (χ1) is 36.5. The highest BCUT2D eigenvalue weighted by Crippen LogP contribution is 2.17. The van der Waals surface area contributed by atoms with Crippen LogP contribution >= 0.6 is 0 Å². The van der Waals surface area contributed by atoms with Gasteiger partial charge in [0, 0.05) is 19.3 Å². The molecule has 430 valence electrons. The minimum Gasteiger partial charge on any atom is -0.462 e. The molecule has 0 fully saturated rings. The Balaban J connectivity index is 4.38. The first-order valence-corrected chi connectivity index (χ1v) is 32.3. The Bertz CT molecular complexity index is 1330. The maximum Gasteiger partial charge on any atom is 0.306 e. The van der Waals surface area contributed by atoms with Gasteiger partial charge in [0.1, 0.15) is 13.2 Å². The summed E-state index contributed by atoms with van der Waals surface area (Å²) >= 11 is 0. The Morgan fingerprint density at radius 1 is 0.270 bits per heavy atom. The highest BCUT2D eigenvalue weighted by atomic mass is 16.6. The molecular weight excluding hydrogens is 913 g/mol. The molecule has 0 heterocycles. The lowest BCUT2D eigenvalue weighted by molar-refractivity contribution is -0.167. The third kappa shape index (κ3) is 60.0. The molecule has 0 N–H and O–H groups in total. The molecule has 0 saturated heterocycles. The summed E-state index contributed by atoms with van der Waals surface area (Å²) < 4.78 is 16.9. The van der Waals surface area contributed by atoms with Gasteiger partial charge in [-0.25, -0.2) is 0 Å². The molecule has 0 rings (SSSR count). The maximum atomic E-state index is 12.9. The number of ether oxygens (including phenoxy) is 3. The molecule has 0 amide bonds. The number of esters is 3. The van der Waals surface area contributed by atoms with Crippen molar-refractivity contribution in [3.05, 3.63) is 60.8 Å². The van der Waals surface area contributed by atoms with Gasteiger partial charge in [-0.3, -0.25) is 14.4 Å². The van der Waals surface area contributed by atoms with Crippen molar-refractivity contribution in [3.63, 3.8) is 0 Å². The van der Waals surface area contributed by atoms with Gasteiger partial charge in [-0.1, -0.05) is 287 Å². The SMILES string of the molecule is CCCCC/C=C\C/C=C\CCCCCCCCCCCC(=O)OC(COC(=O)CCCCCCCC/C=C\C/C=C\C/C=C\CCCCCCC)COC(=O)CCCCCCCCCCCCCCCCCC. The predicted octanol–water partition coefficient (Wildman–Crippen LogP) is 21.9. The second-order valence-electron chi connectivity index (χ2n) is 21.7. The van der Waals surface area contributed by atoms with Gasteiger partial charge in [-0.2, -0.15) is 0 Å². The molecule has 0 radical (unpaired) electrons. The predicted molar refractivity (Wildman–Crippen MR) is 321 cm³/mol. The molecule has 74 heavy (non-hydrogen) atoms. The van der Waals surface area contributed by atoms with Gasteiger partial charge >= 0.3 is 17.9 Å². The zero-order chi connectivity index (χ0) is 53.6. The van der Waals surface area contributed by atoms with Crippen molar-refractivity contribution >= 4 is 17.9 Å². The largest absolute Gasteiger partial charge is 0.462 e. The van der Waals surface area contributed by atoms with Crippen molar-refractivity contribution in [2.45, 2.75) is 341 Å². The van der Waals surface area contributed by atoms with Crippen LogP contribution in [0, 0.1) is 0 Å². The first kappa shape index (κ1) is 71.1. The van der Waals surface area contributed by atoms with Gasteiger partial charge < -0.3 is 14.2 Å². The van der Waals surface area contributed by atoms with E-state index < -0.39 is 6.10 Å². The molecule has 0 aromatic heterocycles. The number of hydrogen-bond donors (Lipinski definition) is 0. The van der Waals surface area contributed by atoms with Crippen molar-refractivity contribution in [1.82, 2.24) is 0 Å². The lowest BCUT2D eigenvalue weighted by atomic mass is 10.0. The standard InChI is InChI=1S/C68H122O6/c1-4-7-10-13-16-19-22-25-28-31-33-34-36-37-40-43-46-49-52-55-58-61-67(70)73-64-65(63-72-66(69)60-57-54-51-48-45-42-39-30-27-24-21-18-15-12-9-6-3)74-68(71)62-59-56-53-50-47-44-41-38-35-32-29-26-23-20-17-14-11-8-5-2/h17,20,22,25-26,29,31,33,36-37,65H,4-16,18-19,21,23-24,27-28,30,32,34-35,38-64H2,1-3H3/b20-17-,25-22-,29-26-,33-31-,37-36-. The van der Waals surface area contributed by atoms with Crippen molar-refractivity contribution in [2.24, 2.45) is 0 Å². The van der Waals surface area contributed by atoms with E-state index in [0.29, 0.717) is 19.3 Å². The molecule has 0 spiro atoms. The lowest BCUT2D eigenvalue weighted by Crippen LogP contribution is -2.30. The molecule has 0 aliphatic rings. The summed E-state index contributed by atoms with van der Waals surface area (Å²) in [5, 5.41) is 0. The molecule has 0 saturated carbocycles. The Morgan fingerprint density at radius 2 is 0.486 bits per heavy atom. The molecule has 1 unspecified atom stereocenters. The highest BCUT2D eigenvalue weighted by molar-refractivity contribution is 5.71. The van der Waals surface area contributed by atoms with Gasteiger partial charge in [-0.05, 0) is 89.9 Å². The fraction of sp³-hybridized carbons (Fsp3) is 0.809. The number of allylic oxidation sites excluding steroid dienone is 10. The summed E-state index contributed by atoms with van der Waals surface area (Å²) in [6, 6.07) is 0. The smallest absolute Gasteiger partial charge is 0.306 e. The third-order valence-corrected chi connectivity index (χ3v) is 14.2. The van der Waals surface area contributed by atoms with Crippen molar-refractivity contribution in [2.75, 3.05) is 13.2 Å². The van der Waals surface area contributed by atoms with E-state index in [1.54, 1.807) is 0 Å². The second kappa shape index (κ2) is 62.6. The Labute approximate surface area is 460 Å². The van der Waals surface area contributed by atoms with E-state index in [0.717, 1.165) is 83.5 Å². The molecule has 1 atom stereocenters. The zero-order valence-electron chi connectivity index (χ0n) is 49.4. The Hall–Kier alpha value is -2.89. The van der Waals surface area contributed by atoms with Crippen molar-refractivity contribution < 1.29 is 28.6 Å². The monoisotopic (exact) mass is 1030 g/mol. The summed E-state index contributed by atoms with van der Waals surface area (Å²) in [6.07, 6.45) is 79.3. The van der Waals surface area contributed by atoms with E-state index in [1.807, 2.05) is 0 Å². The van der Waals surface area contributed by atoms with Gasteiger partial charge in [0.2, 0.25) is 0 Å². The topological polar surface area (TPSA) is 78.9 Å². The van der Waals surface area contributed by atoms with Crippen LogP contribution in [0.25, 0.3) is 0 Å². The van der Waals surface area contributed by atoms with Crippen LogP contribution in [0.3, 0.4) is 0 Å². The van der Waals surface area contributed by atoms with Crippen molar-refractivity contribution in [1.29, 1.82) is 0 Å². The number of carbonyl (C=O) groups excluding carboxylic acids is 3. The fourth-order valence-electron chi connectivity index (χ4n) is 9.36. The van der Waals surface area contributed by atoms with E-state index in [1.165, 1.54) is 212 Å². The zero-order valence-corrected chi connectivity index (χ0v) is 49.4. The van der Waals surface area contributed by atoms with Gasteiger partial charge in [-0.15, -0.1) is 0 Å². The lowest BCUT2D eigenvalue weighted by Gasteiger charge is -2.18. The van der Waals surface area contributed by atoms with Gasteiger partial charge in [0.25, 0.3) is 0 Å². The first-order valence-electron chi connectivity index (χ1n) is 32.3. The molecule has 0 aromatic rings. The van der Waals surface area contributed by atoms with Crippen LogP contribution in [0.2, 0.25) is 0 Å². The molecule has 0 aromatic carbocycles. The summed E-state index contributed by atoms with van der Waals surface area (Å²) in [6.45, 7) is 6.64.